The summed E-state index contributed by atoms with van der Waals surface area (Å²) in [5.41, 5.74) is 0.633. The van der Waals surface area contributed by atoms with Crippen molar-refractivity contribution in [2.45, 2.75) is 25.5 Å². The van der Waals surface area contributed by atoms with Gasteiger partial charge in [-0.3, -0.25) is 19.8 Å². The number of carbonyl (C=O) groups is 1. The lowest BCUT2D eigenvalue weighted by Gasteiger charge is -2.31. The van der Waals surface area contributed by atoms with E-state index in [2.05, 4.69) is 10.00 Å². The number of aromatic nitrogens is 2. The molecule has 154 valence electrons. The molecule has 29 heavy (non-hydrogen) atoms. The summed E-state index contributed by atoms with van der Waals surface area (Å²) in [5, 5.41) is 14.8. The van der Waals surface area contributed by atoms with E-state index >= 15 is 0 Å². The molecule has 0 saturated carbocycles. The maximum Gasteiger partial charge on any atom is 0.344 e. The minimum absolute atomic E-state index is 0.0420. The number of carbonyl (C=O) groups excluding carboxylic acids is 1. The first-order chi connectivity index (χ1) is 13.9. The van der Waals surface area contributed by atoms with E-state index in [-0.39, 0.29) is 24.0 Å². The van der Waals surface area contributed by atoms with Crippen molar-refractivity contribution >= 4 is 11.7 Å². The fourth-order valence-electron chi connectivity index (χ4n) is 3.08. The van der Waals surface area contributed by atoms with Gasteiger partial charge in [0.2, 0.25) is 0 Å². The van der Waals surface area contributed by atoms with E-state index in [1.54, 1.807) is 13.1 Å². The Hall–Kier alpha value is -3.27. The number of hydrogen-bond acceptors (Lipinski definition) is 8. The zero-order chi connectivity index (χ0) is 20.8. The monoisotopic (exact) mass is 402 g/mol. The molecule has 1 aromatic heterocycles. The third-order valence-electron chi connectivity index (χ3n) is 4.64. The lowest BCUT2D eigenvalue weighted by atomic mass is 10.1. The van der Waals surface area contributed by atoms with Crippen LogP contribution in [0.3, 0.4) is 0 Å². The van der Waals surface area contributed by atoms with Crippen LogP contribution in [0.4, 0.5) is 5.69 Å². The molecule has 1 aromatic carbocycles. The first kappa shape index (κ1) is 20.5. The molecule has 0 aliphatic carbocycles. The highest BCUT2D eigenvalue weighted by atomic mass is 16.6. The molecule has 2 heterocycles. The van der Waals surface area contributed by atoms with Gasteiger partial charge in [-0.05, 0) is 31.0 Å². The molecule has 10 heteroatoms. The Kier molecular flexibility index (Phi) is 6.55. The first-order valence-electron chi connectivity index (χ1n) is 9.23. The minimum Gasteiger partial charge on any atom is -0.482 e. The lowest BCUT2D eigenvalue weighted by Crippen LogP contribution is -2.38. The standard InChI is InChI=1S/C19H22N4O6/c1-21-18(24)7-2-14(20-21)12-22-10-8-17(9-11-22)29-19(25)13-28-16-5-3-15(4-6-16)23(26)27/h2-7,17H,8-13H2,1H3. The summed E-state index contributed by atoms with van der Waals surface area (Å²) >= 11 is 0. The van der Waals surface area contributed by atoms with Gasteiger partial charge >= 0.3 is 5.97 Å². The van der Waals surface area contributed by atoms with Crippen molar-refractivity contribution in [2.24, 2.45) is 7.05 Å². The molecule has 0 bridgehead atoms. The summed E-state index contributed by atoms with van der Waals surface area (Å²) in [6, 6.07) is 8.74. The van der Waals surface area contributed by atoms with Crippen LogP contribution >= 0.6 is 0 Å². The second-order valence-corrected chi connectivity index (χ2v) is 6.79. The highest BCUT2D eigenvalue weighted by Crippen LogP contribution is 2.18. The molecule has 0 radical (unpaired) electrons. The van der Waals surface area contributed by atoms with Crippen LogP contribution in [0.15, 0.2) is 41.2 Å². The number of nitro benzene ring substituents is 1. The average Bonchev–Trinajstić information content (AvgIpc) is 2.71. The maximum absolute atomic E-state index is 12.0. The van der Waals surface area contributed by atoms with E-state index in [9.17, 15) is 19.7 Å². The number of aryl methyl sites for hydroxylation is 1. The zero-order valence-electron chi connectivity index (χ0n) is 16.0. The van der Waals surface area contributed by atoms with Crippen molar-refractivity contribution in [3.63, 3.8) is 0 Å². The molecular weight excluding hydrogens is 380 g/mol. The minimum atomic E-state index is -0.501. The van der Waals surface area contributed by atoms with Gasteiger partial charge in [0.1, 0.15) is 11.9 Å². The van der Waals surface area contributed by atoms with Gasteiger partial charge in [-0.15, -0.1) is 0 Å². The number of ether oxygens (including phenoxy) is 2. The van der Waals surface area contributed by atoms with E-state index in [1.807, 2.05) is 0 Å². The summed E-state index contributed by atoms with van der Waals surface area (Å²) in [4.78, 5) is 35.7. The summed E-state index contributed by atoms with van der Waals surface area (Å²) < 4.78 is 12.1. The number of nitrogens with zero attached hydrogens (tertiary/aromatic N) is 4. The molecule has 0 atom stereocenters. The molecule has 3 rings (SSSR count). The van der Waals surface area contributed by atoms with Gasteiger partial charge in [0.25, 0.3) is 11.2 Å². The fraction of sp³-hybridized carbons (Fsp3) is 0.421. The number of esters is 1. The van der Waals surface area contributed by atoms with Crippen LogP contribution in [0.2, 0.25) is 0 Å². The predicted octanol–water partition coefficient (Wildman–Crippen LogP) is 1.28. The molecule has 1 aliphatic heterocycles. The van der Waals surface area contributed by atoms with Crippen LogP contribution in [0.25, 0.3) is 0 Å². The van der Waals surface area contributed by atoms with Crippen LogP contribution < -0.4 is 10.3 Å². The summed E-state index contributed by atoms with van der Waals surface area (Å²) in [6.45, 7) is 1.90. The third-order valence-corrected chi connectivity index (χ3v) is 4.64. The van der Waals surface area contributed by atoms with E-state index < -0.39 is 10.9 Å². The molecule has 10 nitrogen and oxygen atoms in total. The molecule has 0 unspecified atom stereocenters. The molecule has 0 spiro atoms. The van der Waals surface area contributed by atoms with Gasteiger partial charge in [-0.1, -0.05) is 0 Å². The fourth-order valence-corrected chi connectivity index (χ4v) is 3.08. The number of rotatable bonds is 7. The van der Waals surface area contributed by atoms with E-state index in [1.165, 1.54) is 35.0 Å². The van der Waals surface area contributed by atoms with Crippen LogP contribution in [-0.4, -0.2) is 51.4 Å². The van der Waals surface area contributed by atoms with Gasteiger partial charge in [0.15, 0.2) is 6.61 Å². The molecule has 1 saturated heterocycles. The van der Waals surface area contributed by atoms with Crippen molar-refractivity contribution in [3.05, 3.63) is 62.6 Å². The molecule has 0 N–H and O–H groups in total. The number of piperidine rings is 1. The number of hydrogen-bond donors (Lipinski definition) is 0. The number of nitro groups is 1. The maximum atomic E-state index is 12.0. The van der Waals surface area contributed by atoms with Crippen LogP contribution in [0, 0.1) is 10.1 Å². The zero-order valence-corrected chi connectivity index (χ0v) is 16.0. The van der Waals surface area contributed by atoms with E-state index in [0.29, 0.717) is 25.1 Å². The number of non-ortho nitro benzene ring substituents is 1. The van der Waals surface area contributed by atoms with Gasteiger partial charge in [0.05, 0.1) is 10.6 Å². The van der Waals surface area contributed by atoms with Gasteiger partial charge < -0.3 is 9.47 Å². The average molecular weight is 402 g/mol. The Bertz CT molecular complexity index is 919. The number of likely N-dealkylation sites (tertiary alicyclic amines) is 1. The predicted molar refractivity (Wildman–Crippen MR) is 102 cm³/mol. The Morgan fingerprint density at radius 1 is 1.21 bits per heavy atom. The quantitative estimate of drug-likeness (QED) is 0.386. The van der Waals surface area contributed by atoms with Crippen molar-refractivity contribution in [1.82, 2.24) is 14.7 Å². The highest BCUT2D eigenvalue weighted by molar-refractivity contribution is 5.71. The lowest BCUT2D eigenvalue weighted by molar-refractivity contribution is -0.384. The van der Waals surface area contributed by atoms with Crippen LogP contribution in [0.1, 0.15) is 18.5 Å². The topological polar surface area (TPSA) is 117 Å². The molecule has 2 aromatic rings. The van der Waals surface area contributed by atoms with Crippen molar-refractivity contribution in [2.75, 3.05) is 19.7 Å². The number of benzene rings is 1. The third kappa shape index (κ3) is 5.85. The molecule has 0 amide bonds. The smallest absolute Gasteiger partial charge is 0.344 e. The Morgan fingerprint density at radius 3 is 2.52 bits per heavy atom. The SMILES string of the molecule is Cn1nc(CN2CCC(OC(=O)COc3ccc([N+](=O)[O-])cc3)CC2)ccc1=O. The van der Waals surface area contributed by atoms with Gasteiger partial charge in [-0.2, -0.15) is 5.10 Å². The van der Waals surface area contributed by atoms with Crippen LogP contribution in [-0.2, 0) is 23.1 Å². The Balaban J connectivity index is 1.39. The normalized spacial score (nSPS) is 15.1. The summed E-state index contributed by atoms with van der Waals surface area (Å²) in [7, 11) is 1.62. The van der Waals surface area contributed by atoms with Crippen molar-refractivity contribution in [1.29, 1.82) is 0 Å². The highest BCUT2D eigenvalue weighted by Gasteiger charge is 2.23. The van der Waals surface area contributed by atoms with Gasteiger partial charge in [-0.25, -0.2) is 9.48 Å². The molecule has 1 aliphatic rings. The van der Waals surface area contributed by atoms with Crippen molar-refractivity contribution < 1.29 is 19.2 Å². The summed E-state index contributed by atoms with van der Waals surface area (Å²) in [5.74, 6) is -0.103. The Morgan fingerprint density at radius 2 is 1.90 bits per heavy atom. The second-order valence-electron chi connectivity index (χ2n) is 6.79. The first-order valence-corrected chi connectivity index (χ1v) is 9.23. The second kappa shape index (κ2) is 9.28. The van der Waals surface area contributed by atoms with E-state index in [0.717, 1.165) is 18.8 Å². The molecule has 1 fully saturated rings. The summed E-state index contributed by atoms with van der Waals surface area (Å²) in [6.07, 6.45) is 1.23. The van der Waals surface area contributed by atoms with E-state index in [4.69, 9.17) is 9.47 Å². The molecular formula is C19H22N4O6. The van der Waals surface area contributed by atoms with Crippen LogP contribution in [0.5, 0.6) is 5.75 Å². The van der Waals surface area contributed by atoms with Crippen molar-refractivity contribution in [3.8, 4) is 5.75 Å². The Labute approximate surface area is 166 Å². The van der Waals surface area contributed by atoms with Gasteiger partial charge in [0, 0.05) is 44.9 Å². The largest absolute Gasteiger partial charge is 0.482 e.